The molecule has 1 aromatic carbocycles. The van der Waals surface area contributed by atoms with E-state index in [4.69, 9.17) is 0 Å². The number of H-pyrrole nitrogens is 1. The van der Waals surface area contributed by atoms with Crippen molar-refractivity contribution >= 4 is 21.9 Å². The van der Waals surface area contributed by atoms with Gasteiger partial charge in [0.15, 0.2) is 11.6 Å². The van der Waals surface area contributed by atoms with Crippen LogP contribution in [0.2, 0.25) is 0 Å². The summed E-state index contributed by atoms with van der Waals surface area (Å²) in [5.74, 6) is -2.03. The highest BCUT2D eigenvalue weighted by Crippen LogP contribution is 2.22. The zero-order valence-corrected chi connectivity index (χ0v) is 11.9. The van der Waals surface area contributed by atoms with Gasteiger partial charge in [0.05, 0.1) is 5.52 Å². The summed E-state index contributed by atoms with van der Waals surface area (Å²) < 4.78 is 29.2. The summed E-state index contributed by atoms with van der Waals surface area (Å²) in [6.45, 7) is 0.339. The van der Waals surface area contributed by atoms with E-state index in [1.54, 1.807) is 6.20 Å². The molecule has 0 aliphatic heterocycles. The maximum Gasteiger partial charge on any atom is 0.248 e. The van der Waals surface area contributed by atoms with E-state index in [1.165, 1.54) is 12.1 Å². The molecule has 0 aliphatic rings. The van der Waals surface area contributed by atoms with Gasteiger partial charge in [-0.3, -0.25) is 4.79 Å². The molecular weight excluding hydrogens is 300 g/mol. The van der Waals surface area contributed by atoms with E-state index < -0.39 is 17.2 Å². The Morgan fingerprint density at radius 2 is 2.04 bits per heavy atom. The van der Waals surface area contributed by atoms with Gasteiger partial charge >= 0.3 is 0 Å². The average molecular weight is 311 g/mol. The minimum absolute atomic E-state index is 0.114. The van der Waals surface area contributed by atoms with Crippen LogP contribution in [0.4, 0.5) is 8.78 Å². The van der Waals surface area contributed by atoms with E-state index in [0.717, 1.165) is 17.1 Å². The van der Waals surface area contributed by atoms with Crippen LogP contribution < -0.4 is 5.56 Å². The summed E-state index contributed by atoms with van der Waals surface area (Å²) in [4.78, 5) is 18.5. The molecule has 0 spiro atoms. The van der Waals surface area contributed by atoms with Gasteiger partial charge in [0.2, 0.25) is 5.56 Å². The second kappa shape index (κ2) is 5.01. The third-order valence-electron chi connectivity index (χ3n) is 3.86. The molecule has 114 valence electrons. The fourth-order valence-electron chi connectivity index (χ4n) is 2.80. The van der Waals surface area contributed by atoms with Gasteiger partial charge in [-0.2, -0.15) is 0 Å². The number of fused-ring (bicyclic) bond motifs is 2. The summed E-state index contributed by atoms with van der Waals surface area (Å²) in [5.41, 5.74) is 0.785. The van der Waals surface area contributed by atoms with E-state index in [0.29, 0.717) is 17.5 Å². The normalized spacial score (nSPS) is 11.4. The van der Waals surface area contributed by atoms with Crippen molar-refractivity contribution in [2.45, 2.75) is 6.54 Å². The van der Waals surface area contributed by atoms with Gasteiger partial charge in [0.1, 0.15) is 5.65 Å². The minimum atomic E-state index is -1.04. The minimum Gasteiger partial charge on any atom is -0.328 e. The average Bonchev–Trinajstić information content (AvgIpc) is 2.95. The van der Waals surface area contributed by atoms with Crippen molar-refractivity contribution in [1.29, 1.82) is 0 Å². The molecule has 4 rings (SSSR count). The predicted octanol–water partition coefficient (Wildman–Crippen LogP) is 3.20. The molecule has 4 nitrogen and oxygen atoms in total. The maximum absolute atomic E-state index is 13.9. The van der Waals surface area contributed by atoms with Crippen LogP contribution in [0.25, 0.3) is 21.9 Å². The highest BCUT2D eigenvalue weighted by Gasteiger charge is 2.12. The second-order valence-electron chi connectivity index (χ2n) is 5.30. The lowest BCUT2D eigenvalue weighted by molar-refractivity contribution is 0.515. The third-order valence-corrected chi connectivity index (χ3v) is 3.86. The number of aromatic nitrogens is 3. The fourth-order valence-corrected chi connectivity index (χ4v) is 2.80. The molecular formula is C17H11F2N3O. The van der Waals surface area contributed by atoms with Crippen LogP contribution in [0.15, 0.2) is 53.6 Å². The second-order valence-corrected chi connectivity index (χ2v) is 5.30. The molecule has 0 aliphatic carbocycles. The Morgan fingerprint density at radius 1 is 1.17 bits per heavy atom. The van der Waals surface area contributed by atoms with Gasteiger partial charge in [-0.05, 0) is 35.9 Å². The maximum atomic E-state index is 13.9. The van der Waals surface area contributed by atoms with Crippen LogP contribution >= 0.6 is 0 Å². The summed E-state index contributed by atoms with van der Waals surface area (Å²) in [6.07, 6.45) is 3.54. The number of aromatic amines is 1. The number of halogens is 2. The van der Waals surface area contributed by atoms with E-state index in [1.807, 2.05) is 29.0 Å². The molecule has 1 N–H and O–H groups in total. The molecule has 0 radical (unpaired) electrons. The first-order valence-electron chi connectivity index (χ1n) is 7.03. The van der Waals surface area contributed by atoms with Crippen molar-refractivity contribution in [3.05, 3.63) is 76.3 Å². The Hall–Kier alpha value is -3.02. The van der Waals surface area contributed by atoms with Crippen molar-refractivity contribution in [3.8, 4) is 0 Å². The van der Waals surface area contributed by atoms with Crippen molar-refractivity contribution in [2.24, 2.45) is 0 Å². The van der Waals surface area contributed by atoms with E-state index in [2.05, 4.69) is 9.97 Å². The van der Waals surface area contributed by atoms with E-state index in [9.17, 15) is 13.6 Å². The van der Waals surface area contributed by atoms with Gasteiger partial charge in [-0.1, -0.05) is 0 Å². The summed E-state index contributed by atoms with van der Waals surface area (Å²) in [7, 11) is 0. The molecule has 6 heteroatoms. The first kappa shape index (κ1) is 13.6. The molecule has 0 saturated carbocycles. The Labute approximate surface area is 129 Å². The number of benzene rings is 1. The molecule has 0 amide bonds. The van der Waals surface area contributed by atoms with Crippen molar-refractivity contribution in [3.63, 3.8) is 0 Å². The van der Waals surface area contributed by atoms with Gasteiger partial charge in [-0.25, -0.2) is 13.8 Å². The van der Waals surface area contributed by atoms with Crippen LogP contribution in [-0.2, 0) is 6.54 Å². The molecule has 0 atom stereocenters. The number of rotatable bonds is 2. The SMILES string of the molecule is O=c1cc(Cn2ccc3cccnc32)c2ccc(F)c(F)c2[nH]1. The van der Waals surface area contributed by atoms with Gasteiger partial charge < -0.3 is 9.55 Å². The lowest BCUT2D eigenvalue weighted by atomic mass is 10.1. The van der Waals surface area contributed by atoms with Crippen LogP contribution in [-0.4, -0.2) is 14.5 Å². The first-order chi connectivity index (χ1) is 11.1. The Bertz CT molecular complexity index is 1100. The van der Waals surface area contributed by atoms with Crippen LogP contribution in [0, 0.1) is 11.6 Å². The largest absolute Gasteiger partial charge is 0.328 e. The molecule has 3 heterocycles. The predicted molar refractivity (Wildman–Crippen MR) is 83.3 cm³/mol. The van der Waals surface area contributed by atoms with Gasteiger partial charge in [0, 0.05) is 35.8 Å². The van der Waals surface area contributed by atoms with Crippen LogP contribution in [0.3, 0.4) is 0 Å². The Morgan fingerprint density at radius 3 is 2.91 bits per heavy atom. The van der Waals surface area contributed by atoms with Crippen molar-refractivity contribution < 1.29 is 8.78 Å². The number of pyridine rings is 2. The number of nitrogens with one attached hydrogen (secondary N) is 1. The monoisotopic (exact) mass is 311 g/mol. The molecule has 23 heavy (non-hydrogen) atoms. The molecule has 0 bridgehead atoms. The molecule has 0 fully saturated rings. The third kappa shape index (κ3) is 2.19. The zero-order chi connectivity index (χ0) is 16.0. The highest BCUT2D eigenvalue weighted by atomic mass is 19.2. The molecule has 3 aromatic heterocycles. The Kier molecular flexibility index (Phi) is 2.97. The lowest BCUT2D eigenvalue weighted by Gasteiger charge is -2.09. The van der Waals surface area contributed by atoms with Crippen LogP contribution in [0.1, 0.15) is 5.56 Å². The quantitative estimate of drug-likeness (QED) is 0.618. The van der Waals surface area contributed by atoms with Gasteiger partial charge in [0.25, 0.3) is 0 Å². The number of hydrogen-bond donors (Lipinski definition) is 1. The summed E-state index contributed by atoms with van der Waals surface area (Å²) >= 11 is 0. The van der Waals surface area contributed by atoms with Crippen molar-refractivity contribution in [1.82, 2.24) is 14.5 Å². The number of hydrogen-bond acceptors (Lipinski definition) is 2. The topological polar surface area (TPSA) is 50.7 Å². The first-order valence-corrected chi connectivity index (χ1v) is 7.03. The van der Waals surface area contributed by atoms with Crippen molar-refractivity contribution in [2.75, 3.05) is 0 Å². The summed E-state index contributed by atoms with van der Waals surface area (Å²) in [5, 5.41) is 1.44. The van der Waals surface area contributed by atoms with Crippen LogP contribution in [0.5, 0.6) is 0 Å². The van der Waals surface area contributed by atoms with E-state index >= 15 is 0 Å². The smallest absolute Gasteiger partial charge is 0.248 e. The van der Waals surface area contributed by atoms with E-state index in [-0.39, 0.29) is 5.52 Å². The lowest BCUT2D eigenvalue weighted by Crippen LogP contribution is -2.10. The van der Waals surface area contributed by atoms with Gasteiger partial charge in [-0.15, -0.1) is 0 Å². The molecule has 0 saturated heterocycles. The molecule has 0 unspecified atom stereocenters. The standard InChI is InChI=1S/C17H11F2N3O/c18-13-4-3-12-11(8-14(23)21-16(12)15(13)19)9-22-7-5-10-2-1-6-20-17(10)22/h1-8H,9H2,(H,21,23). The molecule has 4 aromatic rings. The fraction of sp³-hybridized carbons (Fsp3) is 0.0588. The Balaban J connectivity index is 1.92. The highest BCUT2D eigenvalue weighted by molar-refractivity contribution is 5.83. The number of nitrogens with zero attached hydrogens (tertiary/aromatic N) is 2. The summed E-state index contributed by atoms with van der Waals surface area (Å²) in [6, 6.07) is 9.62. The zero-order valence-electron chi connectivity index (χ0n) is 11.9.